The second kappa shape index (κ2) is 9.88. The van der Waals surface area contributed by atoms with Gasteiger partial charge in [0.1, 0.15) is 0 Å². The van der Waals surface area contributed by atoms with E-state index < -0.39 is 6.04 Å². The van der Waals surface area contributed by atoms with Crippen LogP contribution < -0.4 is 11.1 Å². The predicted octanol–water partition coefficient (Wildman–Crippen LogP) is 1.14. The van der Waals surface area contributed by atoms with Crippen LogP contribution in [0.15, 0.2) is 0 Å². The van der Waals surface area contributed by atoms with Gasteiger partial charge in [-0.2, -0.15) is 0 Å². The van der Waals surface area contributed by atoms with Gasteiger partial charge in [0.2, 0.25) is 11.8 Å². The highest BCUT2D eigenvalue weighted by Crippen LogP contribution is 2.18. The minimum Gasteiger partial charge on any atom is -0.379 e. The molecule has 1 rings (SSSR count). The molecule has 23 heavy (non-hydrogen) atoms. The van der Waals surface area contributed by atoms with E-state index in [2.05, 4.69) is 5.32 Å². The van der Waals surface area contributed by atoms with E-state index in [0.717, 1.165) is 6.42 Å². The number of hydrogen-bond donors (Lipinski definition) is 2. The van der Waals surface area contributed by atoms with E-state index in [1.807, 2.05) is 27.7 Å². The van der Waals surface area contributed by atoms with Crippen molar-refractivity contribution in [1.29, 1.82) is 0 Å². The Morgan fingerprint density at radius 1 is 1.22 bits per heavy atom. The fourth-order valence-corrected chi connectivity index (χ4v) is 2.61. The molecule has 1 atom stereocenters. The third kappa shape index (κ3) is 6.87. The normalized spacial score (nSPS) is 17.6. The average Bonchev–Trinajstić information content (AvgIpc) is 2.52. The molecule has 0 radical (unpaired) electrons. The van der Waals surface area contributed by atoms with Crippen molar-refractivity contribution in [3.8, 4) is 0 Å². The Labute approximate surface area is 140 Å². The van der Waals surface area contributed by atoms with Gasteiger partial charge in [0, 0.05) is 32.2 Å². The number of piperidine rings is 1. The van der Waals surface area contributed by atoms with Crippen molar-refractivity contribution in [3.63, 3.8) is 0 Å². The van der Waals surface area contributed by atoms with E-state index in [-0.39, 0.29) is 29.8 Å². The van der Waals surface area contributed by atoms with Crippen molar-refractivity contribution in [2.45, 2.75) is 59.1 Å². The quantitative estimate of drug-likeness (QED) is 0.655. The molecular formula is C17H33N3O3. The van der Waals surface area contributed by atoms with Crippen molar-refractivity contribution in [3.05, 3.63) is 0 Å². The summed E-state index contributed by atoms with van der Waals surface area (Å²) in [5, 5.41) is 2.96. The lowest BCUT2D eigenvalue weighted by Gasteiger charge is -2.33. The lowest BCUT2D eigenvalue weighted by molar-refractivity contribution is -0.137. The fourth-order valence-electron chi connectivity index (χ4n) is 2.61. The van der Waals surface area contributed by atoms with Gasteiger partial charge in [0.05, 0.1) is 12.1 Å². The first-order chi connectivity index (χ1) is 10.8. The summed E-state index contributed by atoms with van der Waals surface area (Å²) in [6.45, 7) is 10.4. The van der Waals surface area contributed by atoms with E-state index in [0.29, 0.717) is 39.1 Å². The summed E-state index contributed by atoms with van der Waals surface area (Å²) in [5.74, 6) is 0.233. The lowest BCUT2D eigenvalue weighted by Crippen LogP contribution is -2.50. The predicted molar refractivity (Wildman–Crippen MR) is 90.8 cm³/mol. The molecule has 0 bridgehead atoms. The van der Waals surface area contributed by atoms with Gasteiger partial charge in [-0.25, -0.2) is 0 Å². The fraction of sp³-hybridized carbons (Fsp3) is 0.882. The average molecular weight is 327 g/mol. The number of likely N-dealkylation sites (tertiary alicyclic amines) is 1. The van der Waals surface area contributed by atoms with Crippen LogP contribution in [0, 0.1) is 11.8 Å². The Hall–Kier alpha value is -1.14. The summed E-state index contributed by atoms with van der Waals surface area (Å²) in [5.41, 5.74) is 5.92. The van der Waals surface area contributed by atoms with Crippen LogP contribution in [-0.2, 0) is 14.3 Å². The smallest absolute Gasteiger partial charge is 0.239 e. The third-order valence-electron chi connectivity index (χ3n) is 4.25. The van der Waals surface area contributed by atoms with Gasteiger partial charge < -0.3 is 20.7 Å². The highest BCUT2D eigenvalue weighted by molar-refractivity contribution is 5.83. The molecule has 1 aliphatic rings. The molecule has 6 nitrogen and oxygen atoms in total. The van der Waals surface area contributed by atoms with E-state index in [9.17, 15) is 9.59 Å². The largest absolute Gasteiger partial charge is 0.379 e. The third-order valence-corrected chi connectivity index (χ3v) is 4.25. The molecule has 1 fully saturated rings. The number of carbonyl (C=O) groups is 2. The Bertz CT molecular complexity index is 377. The van der Waals surface area contributed by atoms with Crippen LogP contribution in [0.3, 0.4) is 0 Å². The van der Waals surface area contributed by atoms with Gasteiger partial charge in [-0.15, -0.1) is 0 Å². The molecule has 6 heteroatoms. The van der Waals surface area contributed by atoms with Crippen LogP contribution in [0.1, 0.15) is 47.0 Å². The SMILES string of the molecule is CC(C)OCCCNC(=O)C1CCN(C(=O)[C@@H](N)C(C)C)CC1. The maximum absolute atomic E-state index is 12.2. The van der Waals surface area contributed by atoms with Crippen molar-refractivity contribution >= 4 is 11.8 Å². The Balaban J connectivity index is 2.24. The van der Waals surface area contributed by atoms with Crippen LogP contribution in [0.2, 0.25) is 0 Å². The molecule has 0 spiro atoms. The zero-order valence-electron chi connectivity index (χ0n) is 15.0. The maximum Gasteiger partial charge on any atom is 0.239 e. The maximum atomic E-state index is 12.2. The number of carbonyl (C=O) groups excluding carboxylic acids is 2. The molecule has 0 aliphatic carbocycles. The van der Waals surface area contributed by atoms with Crippen LogP contribution in [0.5, 0.6) is 0 Å². The Morgan fingerprint density at radius 2 is 1.83 bits per heavy atom. The number of hydrogen-bond acceptors (Lipinski definition) is 4. The number of ether oxygens (including phenoxy) is 1. The second-order valence-corrected chi connectivity index (χ2v) is 6.93. The molecule has 0 saturated carbocycles. The van der Waals surface area contributed by atoms with Gasteiger partial charge in [-0.3, -0.25) is 9.59 Å². The van der Waals surface area contributed by atoms with Crippen LogP contribution >= 0.6 is 0 Å². The number of nitrogens with one attached hydrogen (secondary N) is 1. The Kier molecular flexibility index (Phi) is 8.55. The summed E-state index contributed by atoms with van der Waals surface area (Å²) in [6, 6.07) is -0.443. The standard InChI is InChI=1S/C17H33N3O3/c1-12(2)15(18)17(22)20-9-6-14(7-10-20)16(21)19-8-5-11-23-13(3)4/h12-15H,5-11,18H2,1-4H3,(H,19,21)/t15-/m0/s1. The second-order valence-electron chi connectivity index (χ2n) is 6.93. The van der Waals surface area contributed by atoms with Gasteiger partial charge in [0.15, 0.2) is 0 Å². The molecule has 0 aromatic rings. The molecule has 3 N–H and O–H groups in total. The number of nitrogens with zero attached hydrogens (tertiary/aromatic N) is 1. The summed E-state index contributed by atoms with van der Waals surface area (Å²) in [4.78, 5) is 26.1. The first-order valence-corrected chi connectivity index (χ1v) is 8.76. The molecule has 134 valence electrons. The number of nitrogens with two attached hydrogens (primary N) is 1. The molecule has 0 aromatic carbocycles. The molecule has 1 aliphatic heterocycles. The van der Waals surface area contributed by atoms with Gasteiger partial charge in [0.25, 0.3) is 0 Å². The van der Waals surface area contributed by atoms with E-state index in [1.165, 1.54) is 0 Å². The monoisotopic (exact) mass is 327 g/mol. The lowest BCUT2D eigenvalue weighted by atomic mass is 9.94. The minimum atomic E-state index is -0.443. The summed E-state index contributed by atoms with van der Waals surface area (Å²) in [7, 11) is 0. The van der Waals surface area contributed by atoms with Crippen molar-refractivity contribution in [2.75, 3.05) is 26.2 Å². The molecule has 0 aromatic heterocycles. The van der Waals surface area contributed by atoms with Crippen molar-refractivity contribution in [1.82, 2.24) is 10.2 Å². The van der Waals surface area contributed by atoms with E-state index >= 15 is 0 Å². The van der Waals surface area contributed by atoms with Gasteiger partial charge in [-0.1, -0.05) is 13.8 Å². The summed E-state index contributed by atoms with van der Waals surface area (Å²) in [6.07, 6.45) is 2.48. The Morgan fingerprint density at radius 3 is 2.35 bits per heavy atom. The topological polar surface area (TPSA) is 84.7 Å². The molecule has 2 amide bonds. The zero-order chi connectivity index (χ0) is 17.4. The molecule has 0 unspecified atom stereocenters. The van der Waals surface area contributed by atoms with Gasteiger partial charge >= 0.3 is 0 Å². The number of rotatable bonds is 8. The molecule has 1 saturated heterocycles. The van der Waals surface area contributed by atoms with Crippen LogP contribution in [0.25, 0.3) is 0 Å². The van der Waals surface area contributed by atoms with Crippen LogP contribution in [0.4, 0.5) is 0 Å². The first kappa shape index (κ1) is 19.9. The van der Waals surface area contributed by atoms with Crippen molar-refractivity contribution in [2.24, 2.45) is 17.6 Å². The highest BCUT2D eigenvalue weighted by atomic mass is 16.5. The molecule has 1 heterocycles. The highest BCUT2D eigenvalue weighted by Gasteiger charge is 2.30. The molecular weight excluding hydrogens is 294 g/mol. The minimum absolute atomic E-state index is 0.000316. The van der Waals surface area contributed by atoms with Crippen molar-refractivity contribution < 1.29 is 14.3 Å². The summed E-state index contributed by atoms with van der Waals surface area (Å²) < 4.78 is 5.44. The van der Waals surface area contributed by atoms with Crippen LogP contribution in [-0.4, -0.2) is 55.1 Å². The zero-order valence-corrected chi connectivity index (χ0v) is 15.0. The van der Waals surface area contributed by atoms with Gasteiger partial charge in [-0.05, 0) is 39.0 Å². The first-order valence-electron chi connectivity index (χ1n) is 8.76. The number of amides is 2. The van der Waals surface area contributed by atoms with E-state index in [4.69, 9.17) is 10.5 Å². The van der Waals surface area contributed by atoms with E-state index in [1.54, 1.807) is 4.90 Å². The summed E-state index contributed by atoms with van der Waals surface area (Å²) >= 11 is 0.